The second-order valence-electron chi connectivity index (χ2n) is 6.09. The van der Waals surface area contributed by atoms with Gasteiger partial charge in [-0.2, -0.15) is 0 Å². The van der Waals surface area contributed by atoms with Crippen molar-refractivity contribution in [3.63, 3.8) is 0 Å². The van der Waals surface area contributed by atoms with Crippen LogP contribution < -0.4 is 10.7 Å². The number of ether oxygens (including phenoxy) is 1. The lowest BCUT2D eigenvalue weighted by Crippen LogP contribution is -2.25. The first-order chi connectivity index (χ1) is 13.4. The van der Waals surface area contributed by atoms with Crippen molar-refractivity contribution in [2.75, 3.05) is 11.9 Å². The molecule has 0 spiro atoms. The van der Waals surface area contributed by atoms with E-state index in [9.17, 15) is 18.8 Å². The van der Waals surface area contributed by atoms with Gasteiger partial charge in [-0.15, -0.1) is 0 Å². The molecule has 0 aliphatic rings. The zero-order chi connectivity index (χ0) is 20.3. The standard InChI is InChI=1S/C20H18FN3O4/c1-3-24-10-14(18(26)13-9-8-12(2)22-19(13)24)20(27)28-11-17(25)23-16-7-5-4-6-15(16)21/h4-10H,3,11H2,1-2H3,(H,23,25). The molecule has 0 radical (unpaired) electrons. The predicted molar refractivity (Wildman–Crippen MR) is 102 cm³/mol. The Morgan fingerprint density at radius 2 is 1.96 bits per heavy atom. The van der Waals surface area contributed by atoms with Crippen LogP contribution in [0.25, 0.3) is 11.0 Å². The van der Waals surface area contributed by atoms with Crippen LogP contribution in [0.5, 0.6) is 0 Å². The second kappa shape index (κ2) is 7.99. The average molecular weight is 383 g/mol. The molecule has 0 atom stereocenters. The topological polar surface area (TPSA) is 90.3 Å². The van der Waals surface area contributed by atoms with E-state index < -0.39 is 29.7 Å². The van der Waals surface area contributed by atoms with E-state index in [1.165, 1.54) is 24.4 Å². The van der Waals surface area contributed by atoms with Crippen LogP contribution in [-0.2, 0) is 16.1 Å². The Hall–Kier alpha value is -3.55. The number of aryl methyl sites for hydroxylation is 2. The number of fused-ring (bicyclic) bond motifs is 1. The minimum Gasteiger partial charge on any atom is -0.452 e. The van der Waals surface area contributed by atoms with Crippen molar-refractivity contribution in [3.05, 3.63) is 69.9 Å². The van der Waals surface area contributed by atoms with Gasteiger partial charge >= 0.3 is 5.97 Å². The molecule has 0 unspecified atom stereocenters. The van der Waals surface area contributed by atoms with Crippen LogP contribution in [0.4, 0.5) is 10.1 Å². The molecule has 0 aliphatic heterocycles. The van der Waals surface area contributed by atoms with Gasteiger partial charge in [-0.05, 0) is 38.1 Å². The van der Waals surface area contributed by atoms with Crippen LogP contribution in [0.15, 0.2) is 47.4 Å². The highest BCUT2D eigenvalue weighted by atomic mass is 19.1. The third-order valence-electron chi connectivity index (χ3n) is 4.10. The SMILES string of the molecule is CCn1cc(C(=O)OCC(=O)Nc2ccccc2F)c(=O)c2ccc(C)nc21. The minimum atomic E-state index is -0.932. The summed E-state index contributed by atoms with van der Waals surface area (Å²) in [5.41, 5.74) is 0.477. The molecule has 144 valence electrons. The maximum Gasteiger partial charge on any atom is 0.344 e. The lowest BCUT2D eigenvalue weighted by atomic mass is 10.2. The largest absolute Gasteiger partial charge is 0.452 e. The maximum atomic E-state index is 13.6. The highest BCUT2D eigenvalue weighted by Gasteiger charge is 2.18. The van der Waals surface area contributed by atoms with Crippen molar-refractivity contribution in [1.82, 2.24) is 9.55 Å². The molecule has 1 N–H and O–H groups in total. The smallest absolute Gasteiger partial charge is 0.344 e. The second-order valence-corrected chi connectivity index (χ2v) is 6.09. The number of carbonyl (C=O) groups is 2. The van der Waals surface area contributed by atoms with Crippen LogP contribution in [0, 0.1) is 12.7 Å². The van der Waals surface area contributed by atoms with Crippen molar-refractivity contribution >= 4 is 28.6 Å². The van der Waals surface area contributed by atoms with Gasteiger partial charge in [0.05, 0.1) is 11.1 Å². The van der Waals surface area contributed by atoms with Crippen molar-refractivity contribution < 1.29 is 18.7 Å². The number of amides is 1. The van der Waals surface area contributed by atoms with E-state index in [1.54, 1.807) is 29.7 Å². The molecular weight excluding hydrogens is 365 g/mol. The molecule has 7 nitrogen and oxygen atoms in total. The summed E-state index contributed by atoms with van der Waals surface area (Å²) >= 11 is 0. The van der Waals surface area contributed by atoms with Crippen LogP contribution in [0.3, 0.4) is 0 Å². The first-order valence-corrected chi connectivity index (χ1v) is 8.63. The molecule has 0 aliphatic carbocycles. The number of nitrogens with one attached hydrogen (secondary N) is 1. The van der Waals surface area contributed by atoms with Gasteiger partial charge in [-0.1, -0.05) is 12.1 Å². The van der Waals surface area contributed by atoms with Gasteiger partial charge in [0.15, 0.2) is 6.61 Å². The molecule has 3 aromatic rings. The lowest BCUT2D eigenvalue weighted by molar-refractivity contribution is -0.119. The quantitative estimate of drug-likeness (QED) is 0.684. The molecular formula is C20H18FN3O4. The Morgan fingerprint density at radius 3 is 2.68 bits per heavy atom. The monoisotopic (exact) mass is 383 g/mol. The Bertz CT molecular complexity index is 1120. The molecule has 28 heavy (non-hydrogen) atoms. The number of rotatable bonds is 5. The van der Waals surface area contributed by atoms with Gasteiger partial charge in [0.1, 0.15) is 17.0 Å². The van der Waals surface area contributed by atoms with Crippen molar-refractivity contribution in [1.29, 1.82) is 0 Å². The van der Waals surface area contributed by atoms with Crippen molar-refractivity contribution in [2.45, 2.75) is 20.4 Å². The Morgan fingerprint density at radius 1 is 1.21 bits per heavy atom. The van der Waals surface area contributed by atoms with Crippen LogP contribution >= 0.6 is 0 Å². The van der Waals surface area contributed by atoms with E-state index in [0.29, 0.717) is 12.2 Å². The number of aromatic nitrogens is 2. The van der Waals surface area contributed by atoms with Crippen LogP contribution in [0.1, 0.15) is 23.0 Å². The zero-order valence-electron chi connectivity index (χ0n) is 15.4. The summed E-state index contributed by atoms with van der Waals surface area (Å²) in [5.74, 6) is -2.25. The van der Waals surface area contributed by atoms with E-state index in [-0.39, 0.29) is 16.6 Å². The van der Waals surface area contributed by atoms with Gasteiger partial charge in [0.2, 0.25) is 5.43 Å². The molecule has 1 aromatic carbocycles. The van der Waals surface area contributed by atoms with E-state index in [4.69, 9.17) is 4.74 Å². The van der Waals surface area contributed by atoms with E-state index >= 15 is 0 Å². The first-order valence-electron chi connectivity index (χ1n) is 8.63. The minimum absolute atomic E-state index is 0.0240. The summed E-state index contributed by atoms with van der Waals surface area (Å²) in [4.78, 5) is 41.2. The van der Waals surface area contributed by atoms with Gasteiger partial charge in [-0.3, -0.25) is 9.59 Å². The third kappa shape index (κ3) is 3.90. The number of esters is 1. The van der Waals surface area contributed by atoms with E-state index in [0.717, 1.165) is 5.69 Å². The Kier molecular flexibility index (Phi) is 5.49. The number of anilines is 1. The fourth-order valence-corrected chi connectivity index (χ4v) is 2.70. The molecule has 0 saturated heterocycles. The number of pyridine rings is 2. The predicted octanol–water partition coefficient (Wildman–Crippen LogP) is 2.66. The molecule has 1 amide bonds. The molecule has 8 heteroatoms. The summed E-state index contributed by atoms with van der Waals surface area (Å²) in [6, 6.07) is 8.91. The highest BCUT2D eigenvalue weighted by molar-refractivity contribution is 5.96. The number of halogens is 1. The molecule has 0 fully saturated rings. The first kappa shape index (κ1) is 19.2. The number of para-hydroxylation sites is 1. The molecule has 2 aromatic heterocycles. The maximum absolute atomic E-state index is 13.6. The number of carbonyl (C=O) groups excluding carboxylic acids is 2. The summed E-state index contributed by atoms with van der Waals surface area (Å²) in [7, 11) is 0. The normalized spacial score (nSPS) is 10.7. The number of hydrogen-bond acceptors (Lipinski definition) is 5. The molecule has 0 saturated carbocycles. The summed E-state index contributed by atoms with van der Waals surface area (Å²) < 4.78 is 20.2. The Labute approximate surface area is 159 Å². The third-order valence-corrected chi connectivity index (χ3v) is 4.10. The van der Waals surface area contributed by atoms with Crippen molar-refractivity contribution in [2.24, 2.45) is 0 Å². The Balaban J connectivity index is 1.79. The lowest BCUT2D eigenvalue weighted by Gasteiger charge is -2.11. The van der Waals surface area contributed by atoms with Gasteiger partial charge < -0.3 is 14.6 Å². The average Bonchev–Trinajstić information content (AvgIpc) is 2.68. The fraction of sp³-hybridized carbons (Fsp3) is 0.200. The highest BCUT2D eigenvalue weighted by Crippen LogP contribution is 2.13. The van der Waals surface area contributed by atoms with Crippen LogP contribution in [0.2, 0.25) is 0 Å². The molecule has 3 rings (SSSR count). The van der Waals surface area contributed by atoms with Crippen molar-refractivity contribution in [3.8, 4) is 0 Å². The zero-order valence-corrected chi connectivity index (χ0v) is 15.4. The number of nitrogens with zero attached hydrogens (tertiary/aromatic N) is 2. The van der Waals surface area contributed by atoms with E-state index in [2.05, 4.69) is 10.3 Å². The molecule has 0 bridgehead atoms. The number of hydrogen-bond donors (Lipinski definition) is 1. The van der Waals surface area contributed by atoms with Gasteiger partial charge in [0.25, 0.3) is 5.91 Å². The summed E-state index contributed by atoms with van der Waals surface area (Å²) in [5, 5.41) is 2.60. The fourth-order valence-electron chi connectivity index (χ4n) is 2.70. The van der Waals surface area contributed by atoms with E-state index in [1.807, 2.05) is 6.92 Å². The summed E-state index contributed by atoms with van der Waals surface area (Å²) in [6.45, 7) is 3.50. The van der Waals surface area contributed by atoms with Gasteiger partial charge in [0, 0.05) is 18.4 Å². The van der Waals surface area contributed by atoms with Gasteiger partial charge in [-0.25, -0.2) is 14.2 Å². The molecule has 2 heterocycles. The summed E-state index contributed by atoms with van der Waals surface area (Å²) in [6.07, 6.45) is 1.37. The number of benzene rings is 1. The van der Waals surface area contributed by atoms with Crippen LogP contribution in [-0.4, -0.2) is 28.0 Å².